The summed E-state index contributed by atoms with van der Waals surface area (Å²) in [4.78, 5) is 38.9. The van der Waals surface area contributed by atoms with Crippen LogP contribution in [0.25, 0.3) is 21.5 Å². The van der Waals surface area contributed by atoms with E-state index in [1.807, 2.05) is 48.5 Å². The van der Waals surface area contributed by atoms with E-state index in [1.165, 1.54) is 0 Å². The molecule has 3 atom stereocenters. The van der Waals surface area contributed by atoms with E-state index in [4.69, 9.17) is 5.73 Å². The second-order valence-corrected chi connectivity index (χ2v) is 9.64. The summed E-state index contributed by atoms with van der Waals surface area (Å²) in [5, 5.41) is 20.5. The highest BCUT2D eigenvalue weighted by Crippen LogP contribution is 2.29. The van der Waals surface area contributed by atoms with Gasteiger partial charge in [0.2, 0.25) is 5.91 Å². The number of aliphatic hydroxyl groups is 1. The minimum atomic E-state index is -1.69. The van der Waals surface area contributed by atoms with Crippen LogP contribution in [0.3, 0.4) is 0 Å². The molecule has 0 aliphatic heterocycles. The number of hydrogen-bond acceptors (Lipinski definition) is 4. The number of nitrogens with one attached hydrogen (secondary N) is 2. The van der Waals surface area contributed by atoms with Gasteiger partial charge in [0.25, 0.3) is 11.8 Å². The minimum absolute atomic E-state index is 0.127. The van der Waals surface area contributed by atoms with Gasteiger partial charge in [-0.2, -0.15) is 0 Å². The van der Waals surface area contributed by atoms with E-state index in [-0.39, 0.29) is 6.42 Å². The molecular weight excluding hydrogens is 502 g/mol. The van der Waals surface area contributed by atoms with Crippen LogP contribution >= 0.6 is 0 Å². The Morgan fingerprint density at radius 3 is 1.80 bits per heavy atom. The highest BCUT2D eigenvalue weighted by atomic mass is 16.3. The average Bonchev–Trinajstić information content (AvgIpc) is 2.99. The molecule has 5 aromatic carbocycles. The molecule has 3 amide bonds. The third-order valence-corrected chi connectivity index (χ3v) is 7.02. The Balaban J connectivity index is 1.43. The molecule has 7 nitrogen and oxygen atoms in total. The lowest BCUT2D eigenvalue weighted by atomic mass is 9.92. The van der Waals surface area contributed by atoms with Crippen molar-refractivity contribution in [3.05, 3.63) is 132 Å². The average molecular weight is 532 g/mol. The normalized spacial score (nSPS) is 13.3. The van der Waals surface area contributed by atoms with E-state index in [9.17, 15) is 19.5 Å². The molecule has 40 heavy (non-hydrogen) atoms. The number of carbonyl (C=O) groups is 3. The summed E-state index contributed by atoms with van der Waals surface area (Å²) in [5.74, 6) is -2.01. The van der Waals surface area contributed by atoms with Crippen molar-refractivity contribution in [2.24, 2.45) is 5.73 Å². The van der Waals surface area contributed by atoms with E-state index >= 15 is 0 Å². The van der Waals surface area contributed by atoms with Gasteiger partial charge in [-0.25, -0.2) is 0 Å². The van der Waals surface area contributed by atoms with Gasteiger partial charge in [0.05, 0.1) is 6.04 Å². The summed E-state index contributed by atoms with van der Waals surface area (Å²) in [7, 11) is 0. The first-order valence-electron chi connectivity index (χ1n) is 13.0. The number of carbonyl (C=O) groups excluding carboxylic acids is 3. The maximum atomic E-state index is 13.4. The van der Waals surface area contributed by atoms with Gasteiger partial charge in [-0.15, -0.1) is 0 Å². The molecule has 0 saturated carbocycles. The first-order chi connectivity index (χ1) is 19.4. The van der Waals surface area contributed by atoms with Crippen molar-refractivity contribution in [3.63, 3.8) is 0 Å². The van der Waals surface area contributed by atoms with Gasteiger partial charge < -0.3 is 21.5 Å². The number of rotatable bonds is 9. The number of primary amides is 1. The van der Waals surface area contributed by atoms with Crippen LogP contribution in [-0.4, -0.2) is 35.0 Å². The van der Waals surface area contributed by atoms with Gasteiger partial charge in [-0.1, -0.05) is 97.1 Å². The lowest BCUT2D eigenvalue weighted by Crippen LogP contribution is -2.52. The molecular formula is C33H29N3O4. The van der Waals surface area contributed by atoms with Gasteiger partial charge in [-0.05, 0) is 50.9 Å². The Hall–Kier alpha value is -5.01. The van der Waals surface area contributed by atoms with Crippen LogP contribution < -0.4 is 16.4 Å². The Morgan fingerprint density at radius 1 is 0.700 bits per heavy atom. The predicted octanol–water partition coefficient (Wildman–Crippen LogP) is 4.04. The number of benzene rings is 5. The summed E-state index contributed by atoms with van der Waals surface area (Å²) in [6, 6.07) is 32.8. The Morgan fingerprint density at radius 2 is 1.23 bits per heavy atom. The third-order valence-electron chi connectivity index (χ3n) is 7.02. The Kier molecular flexibility index (Phi) is 7.84. The molecule has 0 aromatic heterocycles. The van der Waals surface area contributed by atoms with Crippen LogP contribution in [0, 0.1) is 0 Å². The fourth-order valence-electron chi connectivity index (χ4n) is 4.98. The van der Waals surface area contributed by atoms with Crippen LogP contribution in [0.2, 0.25) is 0 Å². The number of hydrogen-bond donors (Lipinski definition) is 4. The summed E-state index contributed by atoms with van der Waals surface area (Å²) < 4.78 is 0. The Bertz CT molecular complexity index is 1620. The summed E-state index contributed by atoms with van der Waals surface area (Å²) in [6.45, 7) is 0. The summed E-state index contributed by atoms with van der Waals surface area (Å²) in [5.41, 5.74) is 7.54. The number of aliphatic hydroxyl groups excluding tert-OH is 1. The first kappa shape index (κ1) is 26.6. The van der Waals surface area contributed by atoms with Crippen molar-refractivity contribution in [3.8, 4) is 0 Å². The topological polar surface area (TPSA) is 122 Å². The monoisotopic (exact) mass is 531 g/mol. The number of amides is 3. The molecule has 200 valence electrons. The molecule has 5 N–H and O–H groups in total. The molecule has 7 heteroatoms. The van der Waals surface area contributed by atoms with Gasteiger partial charge in [0.1, 0.15) is 6.04 Å². The van der Waals surface area contributed by atoms with Crippen LogP contribution in [0.5, 0.6) is 0 Å². The first-order valence-corrected chi connectivity index (χ1v) is 13.0. The van der Waals surface area contributed by atoms with Crippen molar-refractivity contribution < 1.29 is 19.5 Å². The smallest absolute Gasteiger partial charge is 0.252 e. The SMILES string of the molecule is NC(=O)[C@H](Cc1c2ccccc2cc2ccccc12)NC(=O)[C@H](O)[C@@H](NC(=O)c1ccccc1)c1ccccc1. The van der Waals surface area contributed by atoms with E-state index in [0.717, 1.165) is 27.1 Å². The third kappa shape index (κ3) is 5.70. The maximum absolute atomic E-state index is 13.4. The van der Waals surface area contributed by atoms with Crippen LogP contribution in [-0.2, 0) is 16.0 Å². The molecule has 5 rings (SSSR count). The van der Waals surface area contributed by atoms with Gasteiger partial charge >= 0.3 is 0 Å². The van der Waals surface area contributed by atoms with Crippen molar-refractivity contribution in [2.75, 3.05) is 0 Å². The van der Waals surface area contributed by atoms with E-state index in [0.29, 0.717) is 11.1 Å². The van der Waals surface area contributed by atoms with Gasteiger partial charge in [0, 0.05) is 12.0 Å². The summed E-state index contributed by atoms with van der Waals surface area (Å²) >= 11 is 0. The molecule has 0 fully saturated rings. The molecule has 0 radical (unpaired) electrons. The highest BCUT2D eigenvalue weighted by molar-refractivity contribution is 6.03. The van der Waals surface area contributed by atoms with Crippen molar-refractivity contribution in [1.82, 2.24) is 10.6 Å². The quantitative estimate of drug-likeness (QED) is 0.215. The maximum Gasteiger partial charge on any atom is 0.252 e. The molecule has 0 aliphatic rings. The second kappa shape index (κ2) is 11.8. The van der Waals surface area contributed by atoms with E-state index in [1.54, 1.807) is 60.7 Å². The summed E-state index contributed by atoms with van der Waals surface area (Å²) in [6.07, 6.45) is -1.57. The highest BCUT2D eigenvalue weighted by Gasteiger charge is 2.32. The van der Waals surface area contributed by atoms with Gasteiger partial charge in [-0.3, -0.25) is 14.4 Å². The van der Waals surface area contributed by atoms with Gasteiger partial charge in [0.15, 0.2) is 6.10 Å². The molecule has 0 bridgehead atoms. The van der Waals surface area contributed by atoms with Crippen LogP contribution in [0.15, 0.2) is 115 Å². The van der Waals surface area contributed by atoms with Crippen LogP contribution in [0.4, 0.5) is 0 Å². The van der Waals surface area contributed by atoms with Crippen molar-refractivity contribution >= 4 is 39.3 Å². The predicted molar refractivity (Wildman–Crippen MR) is 155 cm³/mol. The fourth-order valence-corrected chi connectivity index (χ4v) is 4.98. The molecule has 0 aliphatic carbocycles. The second-order valence-electron chi connectivity index (χ2n) is 9.64. The molecule has 5 aromatic rings. The van der Waals surface area contributed by atoms with Crippen LogP contribution in [0.1, 0.15) is 27.5 Å². The standard InChI is InChI=1S/C33H29N3O4/c34-31(38)28(20-27-25-17-9-7-15-23(25)19-24-16-8-10-18-26(24)27)35-33(40)30(37)29(21-11-3-1-4-12-21)36-32(39)22-13-5-2-6-14-22/h1-19,28-30,37H,20H2,(H2,34,38)(H,35,40)(H,36,39)/t28-,29-,30+/m0/s1. The van der Waals surface area contributed by atoms with Crippen molar-refractivity contribution in [1.29, 1.82) is 0 Å². The molecule has 0 spiro atoms. The zero-order valence-electron chi connectivity index (χ0n) is 21.7. The zero-order chi connectivity index (χ0) is 28.1. The Labute approximate surface area is 231 Å². The van der Waals surface area contributed by atoms with E-state index < -0.39 is 35.9 Å². The number of fused-ring (bicyclic) bond motifs is 2. The molecule has 0 unspecified atom stereocenters. The van der Waals surface area contributed by atoms with E-state index in [2.05, 4.69) is 16.7 Å². The molecule has 0 heterocycles. The lowest BCUT2D eigenvalue weighted by Gasteiger charge is -2.26. The lowest BCUT2D eigenvalue weighted by molar-refractivity contribution is -0.134. The number of nitrogens with two attached hydrogens (primary N) is 1. The largest absolute Gasteiger partial charge is 0.381 e. The fraction of sp³-hybridized carbons (Fsp3) is 0.121. The molecule has 0 saturated heterocycles. The minimum Gasteiger partial charge on any atom is -0.381 e. The van der Waals surface area contributed by atoms with Crippen molar-refractivity contribution in [2.45, 2.75) is 24.6 Å². The zero-order valence-corrected chi connectivity index (χ0v) is 21.7.